The SMILES string of the molecule is CN=C(NCC(=O)NC(C)(C)C)NCc1csc(N(C)C)n1.I. The molecule has 0 spiro atoms. The molecule has 0 fully saturated rings. The Kier molecular flexibility index (Phi) is 9.44. The first kappa shape index (κ1) is 21.9. The van der Waals surface area contributed by atoms with Crippen LogP contribution in [0.3, 0.4) is 0 Å². The molecule has 0 aromatic carbocycles. The highest BCUT2D eigenvalue weighted by Gasteiger charge is 2.13. The van der Waals surface area contributed by atoms with E-state index < -0.39 is 0 Å². The summed E-state index contributed by atoms with van der Waals surface area (Å²) < 4.78 is 0. The summed E-state index contributed by atoms with van der Waals surface area (Å²) >= 11 is 1.59. The van der Waals surface area contributed by atoms with E-state index >= 15 is 0 Å². The van der Waals surface area contributed by atoms with Gasteiger partial charge in [-0.3, -0.25) is 9.79 Å². The lowest BCUT2D eigenvalue weighted by molar-refractivity contribution is -0.121. The zero-order chi connectivity index (χ0) is 16.8. The van der Waals surface area contributed by atoms with E-state index in [0.717, 1.165) is 10.8 Å². The van der Waals surface area contributed by atoms with Gasteiger partial charge in [0, 0.05) is 32.1 Å². The molecule has 0 bridgehead atoms. The van der Waals surface area contributed by atoms with Crippen LogP contribution in [0.2, 0.25) is 0 Å². The fraction of sp³-hybridized carbons (Fsp3) is 0.643. The lowest BCUT2D eigenvalue weighted by Gasteiger charge is -2.21. The number of nitrogens with zero attached hydrogens (tertiary/aromatic N) is 3. The number of halogens is 1. The molecule has 1 aromatic heterocycles. The molecule has 23 heavy (non-hydrogen) atoms. The predicted molar refractivity (Wildman–Crippen MR) is 108 cm³/mol. The Morgan fingerprint density at radius 1 is 1.35 bits per heavy atom. The first-order valence-corrected chi connectivity index (χ1v) is 7.96. The van der Waals surface area contributed by atoms with Gasteiger partial charge >= 0.3 is 0 Å². The first-order chi connectivity index (χ1) is 10.2. The summed E-state index contributed by atoms with van der Waals surface area (Å²) in [6.07, 6.45) is 0. The average Bonchev–Trinajstić information content (AvgIpc) is 2.86. The standard InChI is InChI=1S/C14H26N6OS.HI/c1-14(2,3)19-11(21)8-17-12(15-4)16-7-10-9-22-13(18-10)20(5)6;/h9H,7-8H2,1-6H3,(H,19,21)(H2,15,16,17);1H. The van der Waals surface area contributed by atoms with Gasteiger partial charge < -0.3 is 20.9 Å². The number of amides is 1. The van der Waals surface area contributed by atoms with Crippen molar-refractivity contribution in [1.29, 1.82) is 0 Å². The number of anilines is 1. The number of hydrogen-bond donors (Lipinski definition) is 3. The van der Waals surface area contributed by atoms with E-state index in [1.54, 1.807) is 18.4 Å². The minimum atomic E-state index is -0.237. The Balaban J connectivity index is 0.00000484. The molecule has 0 radical (unpaired) electrons. The van der Waals surface area contributed by atoms with Crippen LogP contribution in [0.4, 0.5) is 5.13 Å². The number of aliphatic imine (C=N–C) groups is 1. The molecular formula is C14H27IN6OS. The van der Waals surface area contributed by atoms with Gasteiger partial charge in [-0.1, -0.05) is 0 Å². The normalized spacial score (nSPS) is 11.5. The molecule has 132 valence electrons. The van der Waals surface area contributed by atoms with E-state index in [1.807, 2.05) is 45.1 Å². The lowest BCUT2D eigenvalue weighted by atomic mass is 10.1. The first-order valence-electron chi connectivity index (χ1n) is 7.08. The number of carbonyl (C=O) groups is 1. The van der Waals surface area contributed by atoms with Gasteiger partial charge in [-0.05, 0) is 20.8 Å². The second-order valence-corrected chi connectivity index (χ2v) is 6.93. The van der Waals surface area contributed by atoms with Gasteiger partial charge in [0.05, 0.1) is 18.8 Å². The van der Waals surface area contributed by atoms with Gasteiger partial charge in [-0.25, -0.2) is 4.98 Å². The molecule has 0 saturated heterocycles. The van der Waals surface area contributed by atoms with E-state index in [9.17, 15) is 4.79 Å². The number of hydrogen-bond acceptors (Lipinski definition) is 5. The monoisotopic (exact) mass is 454 g/mol. The third-order valence-corrected chi connectivity index (χ3v) is 3.57. The molecule has 1 heterocycles. The van der Waals surface area contributed by atoms with E-state index in [4.69, 9.17) is 0 Å². The van der Waals surface area contributed by atoms with Crippen molar-refractivity contribution in [2.75, 3.05) is 32.6 Å². The number of nitrogens with one attached hydrogen (secondary N) is 3. The molecule has 7 nitrogen and oxygen atoms in total. The van der Waals surface area contributed by atoms with Crippen LogP contribution in [0.5, 0.6) is 0 Å². The highest BCUT2D eigenvalue weighted by molar-refractivity contribution is 14.0. The molecule has 0 aliphatic rings. The molecule has 1 rings (SSSR count). The van der Waals surface area contributed by atoms with E-state index in [2.05, 4.69) is 25.9 Å². The summed E-state index contributed by atoms with van der Waals surface area (Å²) in [5, 5.41) is 12.0. The molecule has 9 heteroatoms. The number of rotatable bonds is 5. The summed E-state index contributed by atoms with van der Waals surface area (Å²) in [6.45, 7) is 6.58. The maximum absolute atomic E-state index is 11.8. The van der Waals surface area contributed by atoms with Crippen molar-refractivity contribution in [3.05, 3.63) is 11.1 Å². The molecule has 1 amide bonds. The summed E-state index contributed by atoms with van der Waals surface area (Å²) in [6, 6.07) is 0. The second-order valence-electron chi connectivity index (χ2n) is 6.09. The van der Waals surface area contributed by atoms with Crippen LogP contribution >= 0.6 is 35.3 Å². The Labute approximate surface area is 159 Å². The van der Waals surface area contributed by atoms with Crippen molar-refractivity contribution in [2.24, 2.45) is 4.99 Å². The smallest absolute Gasteiger partial charge is 0.239 e. The van der Waals surface area contributed by atoms with Crippen molar-refractivity contribution in [3.8, 4) is 0 Å². The number of guanidine groups is 1. The van der Waals surface area contributed by atoms with Crippen LogP contribution in [0, 0.1) is 0 Å². The summed E-state index contributed by atoms with van der Waals surface area (Å²) in [5.74, 6) is 0.502. The van der Waals surface area contributed by atoms with Crippen LogP contribution in [-0.4, -0.2) is 50.1 Å². The molecule has 1 aromatic rings. The largest absolute Gasteiger partial charge is 0.354 e. The van der Waals surface area contributed by atoms with Gasteiger partial charge in [-0.15, -0.1) is 35.3 Å². The zero-order valence-electron chi connectivity index (χ0n) is 14.6. The van der Waals surface area contributed by atoms with Gasteiger partial charge in [0.1, 0.15) is 0 Å². The van der Waals surface area contributed by atoms with Crippen LogP contribution < -0.4 is 20.9 Å². The molecule has 3 N–H and O–H groups in total. The fourth-order valence-corrected chi connectivity index (χ4v) is 2.36. The third kappa shape index (κ3) is 8.94. The second kappa shape index (κ2) is 9.91. The summed E-state index contributed by atoms with van der Waals surface area (Å²) in [7, 11) is 5.60. The van der Waals surface area contributed by atoms with Gasteiger partial charge in [-0.2, -0.15) is 0 Å². The quantitative estimate of drug-likeness (QED) is 0.356. The Morgan fingerprint density at radius 3 is 2.48 bits per heavy atom. The Bertz CT molecular complexity index is 524. The molecule has 0 aliphatic heterocycles. The summed E-state index contributed by atoms with van der Waals surface area (Å²) in [5.41, 5.74) is 0.703. The maximum Gasteiger partial charge on any atom is 0.239 e. The average molecular weight is 454 g/mol. The Hall–Kier alpha value is -1.10. The van der Waals surface area contributed by atoms with E-state index in [0.29, 0.717) is 12.5 Å². The van der Waals surface area contributed by atoms with E-state index in [1.165, 1.54) is 0 Å². The molecule has 0 atom stereocenters. The van der Waals surface area contributed by atoms with Crippen molar-refractivity contribution in [2.45, 2.75) is 32.9 Å². The zero-order valence-corrected chi connectivity index (χ0v) is 17.7. The van der Waals surface area contributed by atoms with Crippen LogP contribution in [0.25, 0.3) is 0 Å². The van der Waals surface area contributed by atoms with Gasteiger partial charge in [0.25, 0.3) is 0 Å². The lowest BCUT2D eigenvalue weighted by Crippen LogP contribution is -2.48. The molecule has 0 saturated carbocycles. The van der Waals surface area contributed by atoms with E-state index in [-0.39, 0.29) is 42.0 Å². The molecule has 0 unspecified atom stereocenters. The van der Waals surface area contributed by atoms with Crippen molar-refractivity contribution >= 4 is 52.3 Å². The van der Waals surface area contributed by atoms with Crippen LogP contribution in [0.15, 0.2) is 10.4 Å². The molecule has 0 aliphatic carbocycles. The van der Waals surface area contributed by atoms with Crippen molar-refractivity contribution in [3.63, 3.8) is 0 Å². The van der Waals surface area contributed by atoms with Gasteiger partial charge in [0.15, 0.2) is 11.1 Å². The minimum absolute atomic E-state index is 0. The topological polar surface area (TPSA) is 81.6 Å². The van der Waals surface area contributed by atoms with Crippen molar-refractivity contribution in [1.82, 2.24) is 20.9 Å². The maximum atomic E-state index is 11.8. The number of aromatic nitrogens is 1. The predicted octanol–water partition coefficient (Wildman–Crippen LogP) is 1.41. The summed E-state index contributed by atoms with van der Waals surface area (Å²) in [4.78, 5) is 22.3. The van der Waals surface area contributed by atoms with Crippen molar-refractivity contribution < 1.29 is 4.79 Å². The third-order valence-electron chi connectivity index (χ3n) is 2.51. The highest BCUT2D eigenvalue weighted by atomic mass is 127. The number of carbonyl (C=O) groups excluding carboxylic acids is 1. The highest BCUT2D eigenvalue weighted by Crippen LogP contribution is 2.17. The Morgan fingerprint density at radius 2 is 2.00 bits per heavy atom. The fourth-order valence-electron chi connectivity index (χ4n) is 1.60. The molecular weight excluding hydrogens is 427 g/mol. The number of thiazole rings is 1. The van der Waals surface area contributed by atoms with Crippen LogP contribution in [0.1, 0.15) is 26.5 Å². The minimum Gasteiger partial charge on any atom is -0.354 e. The van der Waals surface area contributed by atoms with Crippen LogP contribution in [-0.2, 0) is 11.3 Å². The van der Waals surface area contributed by atoms with Gasteiger partial charge in [0.2, 0.25) is 5.91 Å².